The van der Waals surface area contributed by atoms with Gasteiger partial charge in [-0.1, -0.05) is 28.1 Å². The third kappa shape index (κ3) is 3.66. The first kappa shape index (κ1) is 19.0. The number of hydrogen-bond donors (Lipinski definition) is 1. The molecule has 0 unspecified atom stereocenters. The number of benzene rings is 1. The van der Waals surface area contributed by atoms with Crippen LogP contribution in [-0.2, 0) is 17.6 Å². The van der Waals surface area contributed by atoms with Crippen molar-refractivity contribution in [3.63, 3.8) is 0 Å². The molecule has 2 aromatic heterocycles. The third-order valence-electron chi connectivity index (χ3n) is 4.96. The normalized spacial score (nSPS) is 14.9. The zero-order valence-corrected chi connectivity index (χ0v) is 17.7. The first-order chi connectivity index (χ1) is 13.5. The molecular weight excluding hydrogens is 440 g/mol. The van der Waals surface area contributed by atoms with Crippen LogP contribution in [0.25, 0.3) is 10.2 Å². The second-order valence-electron chi connectivity index (χ2n) is 6.81. The number of hydrazone groups is 1. The number of amides is 1. The fraction of sp³-hybridized carbons (Fsp3) is 0.300. The Bertz CT molecular complexity index is 1120. The van der Waals surface area contributed by atoms with E-state index in [1.54, 1.807) is 24.5 Å². The molecule has 1 aromatic carbocycles. The second kappa shape index (κ2) is 7.97. The summed E-state index contributed by atoms with van der Waals surface area (Å²) in [6, 6.07) is 6.85. The summed E-state index contributed by atoms with van der Waals surface area (Å²) < 4.78 is 2.37. The first-order valence-electron chi connectivity index (χ1n) is 9.14. The van der Waals surface area contributed by atoms with Gasteiger partial charge in [-0.15, -0.1) is 11.3 Å². The minimum atomic E-state index is -0.703. The zero-order valence-electron chi connectivity index (χ0n) is 15.3. The summed E-state index contributed by atoms with van der Waals surface area (Å²) in [5, 5.41) is 4.68. The van der Waals surface area contributed by atoms with Gasteiger partial charge in [0.15, 0.2) is 0 Å². The van der Waals surface area contributed by atoms with Crippen LogP contribution < -0.4 is 11.0 Å². The fourth-order valence-electron chi connectivity index (χ4n) is 3.37. The van der Waals surface area contributed by atoms with Crippen molar-refractivity contribution in [3.05, 3.63) is 61.4 Å². The number of hydrogen-bond acceptors (Lipinski definition) is 5. The van der Waals surface area contributed by atoms with Gasteiger partial charge in [0.1, 0.15) is 10.9 Å². The average molecular weight is 459 g/mol. The molecule has 28 heavy (non-hydrogen) atoms. The van der Waals surface area contributed by atoms with Gasteiger partial charge in [0.2, 0.25) is 0 Å². The minimum Gasteiger partial charge on any atom is -0.286 e. The van der Waals surface area contributed by atoms with E-state index in [0.717, 1.165) is 46.1 Å². The van der Waals surface area contributed by atoms with Gasteiger partial charge in [0.25, 0.3) is 11.5 Å². The maximum absolute atomic E-state index is 13.0. The maximum Gasteiger partial charge on any atom is 0.263 e. The number of aromatic nitrogens is 2. The number of rotatable bonds is 4. The van der Waals surface area contributed by atoms with E-state index in [-0.39, 0.29) is 11.5 Å². The van der Waals surface area contributed by atoms with E-state index >= 15 is 0 Å². The predicted octanol–water partition coefficient (Wildman–Crippen LogP) is 3.81. The molecule has 0 saturated carbocycles. The molecule has 6 nitrogen and oxygen atoms in total. The van der Waals surface area contributed by atoms with Crippen LogP contribution in [0, 0.1) is 0 Å². The molecule has 1 N–H and O–H groups in total. The number of nitrogens with zero attached hydrogens (tertiary/aromatic N) is 3. The Morgan fingerprint density at radius 3 is 2.86 bits per heavy atom. The SMILES string of the molecule is C[C@H](C(=O)NN=Cc1ccc(Br)cc1)n1cnc2sc3c(c2c1=O)CCCC3. The molecule has 0 radical (unpaired) electrons. The number of nitrogens with one attached hydrogen (secondary N) is 1. The Hall–Kier alpha value is -2.32. The molecular formula is C20H19BrN4O2S. The summed E-state index contributed by atoms with van der Waals surface area (Å²) in [4.78, 5) is 32.0. The summed E-state index contributed by atoms with van der Waals surface area (Å²) in [5.74, 6) is -0.360. The highest BCUT2D eigenvalue weighted by atomic mass is 79.9. The number of thiophene rings is 1. The molecule has 1 amide bonds. The van der Waals surface area contributed by atoms with Crippen LogP contribution in [0.15, 0.2) is 45.0 Å². The lowest BCUT2D eigenvalue weighted by Gasteiger charge is -2.14. The zero-order chi connectivity index (χ0) is 19.7. The van der Waals surface area contributed by atoms with Crippen molar-refractivity contribution in [3.8, 4) is 0 Å². The summed E-state index contributed by atoms with van der Waals surface area (Å²) in [6.07, 6.45) is 7.20. The molecule has 8 heteroatoms. The van der Waals surface area contributed by atoms with Crippen LogP contribution in [-0.4, -0.2) is 21.7 Å². The second-order valence-corrected chi connectivity index (χ2v) is 8.81. The number of carbonyl (C=O) groups is 1. The molecule has 0 aliphatic heterocycles. The van der Waals surface area contributed by atoms with Crippen LogP contribution in [0.4, 0.5) is 0 Å². The van der Waals surface area contributed by atoms with E-state index in [9.17, 15) is 9.59 Å². The third-order valence-corrected chi connectivity index (χ3v) is 6.68. The van der Waals surface area contributed by atoms with E-state index in [2.05, 4.69) is 31.4 Å². The van der Waals surface area contributed by atoms with E-state index in [4.69, 9.17) is 0 Å². The molecule has 1 atom stereocenters. The highest BCUT2D eigenvalue weighted by Gasteiger charge is 2.23. The minimum absolute atomic E-state index is 0.149. The predicted molar refractivity (Wildman–Crippen MR) is 115 cm³/mol. The van der Waals surface area contributed by atoms with Crippen LogP contribution in [0.1, 0.15) is 41.8 Å². The van der Waals surface area contributed by atoms with Crippen molar-refractivity contribution >= 4 is 49.6 Å². The highest BCUT2D eigenvalue weighted by Crippen LogP contribution is 2.33. The van der Waals surface area contributed by atoms with Crippen LogP contribution in [0.2, 0.25) is 0 Å². The fourth-order valence-corrected chi connectivity index (χ4v) is 4.86. The smallest absolute Gasteiger partial charge is 0.263 e. The van der Waals surface area contributed by atoms with Crippen molar-refractivity contribution < 1.29 is 4.79 Å². The van der Waals surface area contributed by atoms with E-state index in [1.165, 1.54) is 15.8 Å². The Balaban J connectivity index is 1.55. The van der Waals surface area contributed by atoms with Crippen LogP contribution in [0.5, 0.6) is 0 Å². The van der Waals surface area contributed by atoms with Gasteiger partial charge in [0.05, 0.1) is 17.9 Å². The molecule has 4 rings (SSSR count). The van der Waals surface area contributed by atoms with Gasteiger partial charge in [-0.3, -0.25) is 14.2 Å². The quantitative estimate of drug-likeness (QED) is 0.476. The van der Waals surface area contributed by atoms with Crippen molar-refractivity contribution in [1.82, 2.24) is 15.0 Å². The maximum atomic E-state index is 13.0. The largest absolute Gasteiger partial charge is 0.286 e. The van der Waals surface area contributed by atoms with Gasteiger partial charge in [-0.25, -0.2) is 10.4 Å². The van der Waals surface area contributed by atoms with Gasteiger partial charge < -0.3 is 0 Å². The standard InChI is InChI=1S/C20H19BrN4O2S/c1-12(18(26)24-23-10-13-6-8-14(21)9-7-13)25-11-22-19-17(20(25)27)15-4-2-3-5-16(15)28-19/h6-12H,2-5H2,1H3,(H,24,26)/t12-/m1/s1. The van der Waals surface area contributed by atoms with Gasteiger partial charge in [-0.2, -0.15) is 5.10 Å². The van der Waals surface area contributed by atoms with Gasteiger partial charge in [0, 0.05) is 9.35 Å². The van der Waals surface area contributed by atoms with Crippen molar-refractivity contribution in [2.45, 2.75) is 38.6 Å². The van der Waals surface area contributed by atoms with Crippen LogP contribution in [0.3, 0.4) is 0 Å². The number of halogens is 1. The van der Waals surface area contributed by atoms with E-state index < -0.39 is 6.04 Å². The molecule has 2 heterocycles. The lowest BCUT2D eigenvalue weighted by Crippen LogP contribution is -2.34. The average Bonchev–Trinajstić information content (AvgIpc) is 3.08. The summed E-state index contributed by atoms with van der Waals surface area (Å²) in [5.41, 5.74) is 4.35. The number of carbonyl (C=O) groups excluding carboxylic acids is 1. The molecule has 0 fully saturated rings. The lowest BCUT2D eigenvalue weighted by atomic mass is 9.97. The van der Waals surface area contributed by atoms with Gasteiger partial charge >= 0.3 is 0 Å². The summed E-state index contributed by atoms with van der Waals surface area (Å²) in [7, 11) is 0. The first-order valence-corrected chi connectivity index (χ1v) is 10.8. The molecule has 144 valence electrons. The Morgan fingerprint density at radius 1 is 1.32 bits per heavy atom. The van der Waals surface area contributed by atoms with Gasteiger partial charge in [-0.05, 0) is 55.9 Å². The highest BCUT2D eigenvalue weighted by molar-refractivity contribution is 9.10. The summed E-state index contributed by atoms with van der Waals surface area (Å²) >= 11 is 4.98. The van der Waals surface area contributed by atoms with Crippen molar-refractivity contribution in [2.75, 3.05) is 0 Å². The van der Waals surface area contributed by atoms with Crippen molar-refractivity contribution in [2.24, 2.45) is 5.10 Å². The Labute approximate surface area is 174 Å². The number of fused-ring (bicyclic) bond motifs is 3. The molecule has 1 aliphatic rings. The summed E-state index contributed by atoms with van der Waals surface area (Å²) in [6.45, 7) is 1.68. The monoisotopic (exact) mass is 458 g/mol. The number of aryl methyl sites for hydroxylation is 2. The lowest BCUT2D eigenvalue weighted by molar-refractivity contribution is -0.123. The molecule has 0 bridgehead atoms. The molecule has 0 saturated heterocycles. The van der Waals surface area contributed by atoms with E-state index in [0.29, 0.717) is 5.39 Å². The van der Waals surface area contributed by atoms with E-state index in [1.807, 2.05) is 24.3 Å². The molecule has 0 spiro atoms. The Morgan fingerprint density at radius 2 is 2.07 bits per heavy atom. The Kier molecular flexibility index (Phi) is 5.41. The van der Waals surface area contributed by atoms with Crippen LogP contribution >= 0.6 is 27.3 Å². The molecule has 1 aliphatic carbocycles. The van der Waals surface area contributed by atoms with Crippen molar-refractivity contribution in [1.29, 1.82) is 0 Å². The molecule has 3 aromatic rings. The topological polar surface area (TPSA) is 76.3 Å².